The molecular weight excluding hydrogens is 348 g/mol. The van der Waals surface area contributed by atoms with Gasteiger partial charge in [0.25, 0.3) is 0 Å². The van der Waals surface area contributed by atoms with Crippen LogP contribution in [0.1, 0.15) is 48.5 Å². The molecule has 0 N–H and O–H groups in total. The van der Waals surface area contributed by atoms with Gasteiger partial charge in [0.15, 0.2) is 5.82 Å². The van der Waals surface area contributed by atoms with Crippen LogP contribution in [0, 0.1) is 25.2 Å². The minimum absolute atomic E-state index is 0.335. The summed E-state index contributed by atoms with van der Waals surface area (Å²) < 4.78 is 8.10. The molecular formula is C23H24N4O. The van der Waals surface area contributed by atoms with Gasteiger partial charge in [-0.2, -0.15) is 0 Å². The third-order valence-corrected chi connectivity index (χ3v) is 5.37. The van der Waals surface area contributed by atoms with Crippen LogP contribution >= 0.6 is 0 Å². The van der Waals surface area contributed by atoms with Gasteiger partial charge in [0.2, 0.25) is 0 Å². The lowest BCUT2D eigenvalue weighted by molar-refractivity contribution is 0.293. The monoisotopic (exact) mass is 372 g/mol. The third-order valence-electron chi connectivity index (χ3n) is 5.37. The zero-order valence-electron chi connectivity index (χ0n) is 16.1. The SMILES string of the molecule is C#Cc1ccc(OCc2nnc(CC3CCCC3)n2-c2cccnc2)cc1C. The van der Waals surface area contributed by atoms with Gasteiger partial charge >= 0.3 is 0 Å². The van der Waals surface area contributed by atoms with Crippen LogP contribution in [-0.4, -0.2) is 19.7 Å². The number of ether oxygens (including phenoxy) is 1. The van der Waals surface area contributed by atoms with Crippen molar-refractivity contribution in [2.24, 2.45) is 5.92 Å². The van der Waals surface area contributed by atoms with Crippen molar-refractivity contribution in [1.29, 1.82) is 0 Å². The topological polar surface area (TPSA) is 52.8 Å². The number of hydrogen-bond acceptors (Lipinski definition) is 4. The Bertz CT molecular complexity index is 982. The number of aromatic nitrogens is 4. The first kappa shape index (κ1) is 18.2. The molecule has 1 fully saturated rings. The Morgan fingerprint density at radius 2 is 2.00 bits per heavy atom. The Hall–Kier alpha value is -3.13. The van der Waals surface area contributed by atoms with Crippen molar-refractivity contribution in [1.82, 2.24) is 19.7 Å². The fraction of sp³-hybridized carbons (Fsp3) is 0.348. The quantitative estimate of drug-likeness (QED) is 0.607. The van der Waals surface area contributed by atoms with E-state index in [9.17, 15) is 0 Å². The standard InChI is InChI=1S/C23H24N4O/c1-3-19-10-11-21(13-17(19)2)28-16-23-26-25-22(14-18-7-4-5-8-18)27(23)20-9-6-12-24-15-20/h1,6,9-13,15,18H,4-5,7-8,14,16H2,2H3. The normalized spacial score (nSPS) is 14.1. The molecule has 0 bridgehead atoms. The maximum atomic E-state index is 6.01. The average Bonchev–Trinajstić information content (AvgIpc) is 3.37. The summed E-state index contributed by atoms with van der Waals surface area (Å²) in [6, 6.07) is 9.72. The summed E-state index contributed by atoms with van der Waals surface area (Å²) in [5.74, 6) is 5.90. The number of hydrogen-bond donors (Lipinski definition) is 0. The number of rotatable bonds is 6. The van der Waals surface area contributed by atoms with Crippen molar-refractivity contribution in [3.63, 3.8) is 0 Å². The summed E-state index contributed by atoms with van der Waals surface area (Å²) in [5, 5.41) is 8.93. The second-order valence-electron chi connectivity index (χ2n) is 7.34. The van der Waals surface area contributed by atoms with Gasteiger partial charge in [-0.1, -0.05) is 31.6 Å². The molecule has 0 unspecified atom stereocenters. The lowest BCUT2D eigenvalue weighted by Crippen LogP contribution is -2.11. The molecule has 2 heterocycles. The van der Waals surface area contributed by atoms with Crippen molar-refractivity contribution in [3.05, 3.63) is 65.5 Å². The minimum atomic E-state index is 0.335. The van der Waals surface area contributed by atoms with Crippen LogP contribution in [0.3, 0.4) is 0 Å². The van der Waals surface area contributed by atoms with Gasteiger partial charge in [-0.25, -0.2) is 0 Å². The molecule has 28 heavy (non-hydrogen) atoms. The van der Waals surface area contributed by atoms with E-state index in [2.05, 4.69) is 25.7 Å². The van der Waals surface area contributed by atoms with E-state index >= 15 is 0 Å². The Kier molecular flexibility index (Phi) is 5.38. The van der Waals surface area contributed by atoms with E-state index in [1.54, 1.807) is 6.20 Å². The van der Waals surface area contributed by atoms with Gasteiger partial charge in [0, 0.05) is 18.2 Å². The smallest absolute Gasteiger partial charge is 0.175 e. The molecule has 1 saturated carbocycles. The number of terminal acetylenes is 1. The molecule has 0 aliphatic heterocycles. The van der Waals surface area contributed by atoms with E-state index in [1.807, 2.05) is 43.5 Å². The zero-order chi connectivity index (χ0) is 19.3. The molecule has 142 valence electrons. The number of benzene rings is 1. The largest absolute Gasteiger partial charge is 0.486 e. The van der Waals surface area contributed by atoms with Gasteiger partial charge in [-0.05, 0) is 48.7 Å². The van der Waals surface area contributed by atoms with Crippen molar-refractivity contribution < 1.29 is 4.74 Å². The Labute approximate surface area is 165 Å². The summed E-state index contributed by atoms with van der Waals surface area (Å²) >= 11 is 0. The highest BCUT2D eigenvalue weighted by Crippen LogP contribution is 2.28. The summed E-state index contributed by atoms with van der Waals surface area (Å²) in [7, 11) is 0. The average molecular weight is 372 g/mol. The van der Waals surface area contributed by atoms with Gasteiger partial charge in [0.1, 0.15) is 18.2 Å². The van der Waals surface area contributed by atoms with E-state index < -0.39 is 0 Å². The highest BCUT2D eigenvalue weighted by molar-refractivity contribution is 5.43. The fourth-order valence-electron chi connectivity index (χ4n) is 3.87. The molecule has 0 radical (unpaired) electrons. The Balaban J connectivity index is 1.58. The Morgan fingerprint density at radius 3 is 2.71 bits per heavy atom. The van der Waals surface area contributed by atoms with Crippen LogP contribution in [0.4, 0.5) is 0 Å². The van der Waals surface area contributed by atoms with E-state index in [-0.39, 0.29) is 0 Å². The van der Waals surface area contributed by atoms with Crippen LogP contribution < -0.4 is 4.74 Å². The van der Waals surface area contributed by atoms with Crippen LogP contribution in [0.15, 0.2) is 42.7 Å². The van der Waals surface area contributed by atoms with Crippen molar-refractivity contribution in [2.75, 3.05) is 0 Å². The van der Waals surface area contributed by atoms with Crippen LogP contribution in [-0.2, 0) is 13.0 Å². The lowest BCUT2D eigenvalue weighted by atomic mass is 10.0. The summed E-state index contributed by atoms with van der Waals surface area (Å²) in [5.41, 5.74) is 2.87. The number of aryl methyl sites for hydroxylation is 1. The molecule has 0 atom stereocenters. The molecule has 0 amide bonds. The maximum absolute atomic E-state index is 6.01. The van der Waals surface area contributed by atoms with Crippen molar-refractivity contribution in [3.8, 4) is 23.8 Å². The first-order valence-electron chi connectivity index (χ1n) is 9.78. The molecule has 0 saturated heterocycles. The van der Waals surface area contributed by atoms with E-state index in [1.165, 1.54) is 25.7 Å². The van der Waals surface area contributed by atoms with Crippen LogP contribution in [0.2, 0.25) is 0 Å². The summed E-state index contributed by atoms with van der Waals surface area (Å²) in [4.78, 5) is 4.27. The Morgan fingerprint density at radius 1 is 1.18 bits per heavy atom. The molecule has 1 aliphatic carbocycles. The van der Waals surface area contributed by atoms with E-state index in [4.69, 9.17) is 11.2 Å². The summed E-state index contributed by atoms with van der Waals surface area (Å²) in [6.45, 7) is 2.32. The maximum Gasteiger partial charge on any atom is 0.175 e. The molecule has 5 heteroatoms. The van der Waals surface area contributed by atoms with Gasteiger partial charge in [-0.3, -0.25) is 9.55 Å². The summed E-state index contributed by atoms with van der Waals surface area (Å²) in [6.07, 6.45) is 15.2. The van der Waals surface area contributed by atoms with Crippen LogP contribution in [0.5, 0.6) is 5.75 Å². The predicted molar refractivity (Wildman–Crippen MR) is 108 cm³/mol. The van der Waals surface area contributed by atoms with Gasteiger partial charge in [-0.15, -0.1) is 16.6 Å². The van der Waals surface area contributed by atoms with Crippen LogP contribution in [0.25, 0.3) is 5.69 Å². The van der Waals surface area contributed by atoms with Gasteiger partial charge < -0.3 is 4.74 Å². The molecule has 2 aromatic heterocycles. The highest BCUT2D eigenvalue weighted by Gasteiger charge is 2.21. The highest BCUT2D eigenvalue weighted by atomic mass is 16.5. The fourth-order valence-corrected chi connectivity index (χ4v) is 3.87. The first-order valence-corrected chi connectivity index (χ1v) is 9.78. The zero-order valence-corrected chi connectivity index (χ0v) is 16.1. The van der Waals surface area contributed by atoms with Crippen molar-refractivity contribution >= 4 is 0 Å². The van der Waals surface area contributed by atoms with E-state index in [0.29, 0.717) is 12.5 Å². The predicted octanol–water partition coefficient (Wildman–Crippen LogP) is 4.26. The first-order chi connectivity index (χ1) is 13.7. The number of pyridine rings is 1. The molecule has 1 aliphatic rings. The lowest BCUT2D eigenvalue weighted by Gasteiger charge is -2.13. The second kappa shape index (κ2) is 8.26. The van der Waals surface area contributed by atoms with Gasteiger partial charge in [0.05, 0.1) is 11.9 Å². The second-order valence-corrected chi connectivity index (χ2v) is 7.34. The van der Waals surface area contributed by atoms with Crippen molar-refractivity contribution in [2.45, 2.75) is 45.6 Å². The van der Waals surface area contributed by atoms with E-state index in [0.717, 1.165) is 40.6 Å². The molecule has 3 aromatic rings. The molecule has 5 nitrogen and oxygen atoms in total. The number of nitrogens with zero attached hydrogens (tertiary/aromatic N) is 4. The minimum Gasteiger partial charge on any atom is -0.486 e. The third kappa shape index (κ3) is 3.91. The molecule has 0 spiro atoms. The molecule has 1 aromatic carbocycles. The molecule has 4 rings (SSSR count).